The summed E-state index contributed by atoms with van der Waals surface area (Å²) < 4.78 is 5.37. The maximum atomic E-state index is 9.63. The van der Waals surface area contributed by atoms with Gasteiger partial charge in [-0.25, -0.2) is 0 Å². The van der Waals surface area contributed by atoms with E-state index in [-0.39, 0.29) is 6.61 Å². The Hall–Kier alpha value is -0.450. The van der Waals surface area contributed by atoms with Crippen LogP contribution in [-0.2, 0) is 0 Å². The van der Waals surface area contributed by atoms with Gasteiger partial charge in [0.2, 0.25) is 0 Å². The van der Waals surface area contributed by atoms with Crippen molar-refractivity contribution in [3.63, 3.8) is 0 Å². The minimum absolute atomic E-state index is 0.153. The van der Waals surface area contributed by atoms with Crippen molar-refractivity contribution in [2.24, 2.45) is 0 Å². The lowest BCUT2D eigenvalue weighted by molar-refractivity contribution is 0.107. The van der Waals surface area contributed by atoms with Gasteiger partial charge >= 0.3 is 0 Å². The number of hydrogen-bond acceptors (Lipinski definition) is 3. The smallest absolute Gasteiger partial charge is 0.121 e. The summed E-state index contributed by atoms with van der Waals surface area (Å²) in [6.45, 7) is 4.50. The van der Waals surface area contributed by atoms with E-state index in [0.717, 1.165) is 0 Å². The largest absolute Gasteiger partial charge is 0.491 e. The summed E-state index contributed by atoms with van der Waals surface area (Å²) in [7, 11) is 0. The average molecular weight is 311 g/mol. The van der Waals surface area contributed by atoms with E-state index in [1.165, 1.54) is 0 Å². The Balaban J connectivity index is 2.31. The predicted octanol–water partition coefficient (Wildman–Crippen LogP) is 3.08. The second kappa shape index (κ2) is 7.87. The second-order valence-corrected chi connectivity index (χ2v) is 5.04. The summed E-state index contributed by atoms with van der Waals surface area (Å²) in [5, 5.41) is 13.9. The molecule has 0 aliphatic rings. The molecular formula is C12H14Cl3NO2. The number of hydrogen-bond donors (Lipinski definition) is 2. The normalized spacial score (nSPS) is 12.2. The fourth-order valence-electron chi connectivity index (χ4n) is 1.19. The minimum atomic E-state index is -0.643. The van der Waals surface area contributed by atoms with Crippen molar-refractivity contribution < 1.29 is 9.84 Å². The summed E-state index contributed by atoms with van der Waals surface area (Å²) in [5.74, 6) is 0.560. The lowest BCUT2D eigenvalue weighted by Gasteiger charge is -2.13. The van der Waals surface area contributed by atoms with Crippen molar-refractivity contribution in [3.05, 3.63) is 39.9 Å². The molecule has 1 aromatic carbocycles. The average Bonchev–Trinajstić information content (AvgIpc) is 2.30. The second-order valence-electron chi connectivity index (χ2n) is 3.69. The highest BCUT2D eigenvalue weighted by Crippen LogP contribution is 2.26. The van der Waals surface area contributed by atoms with Crippen molar-refractivity contribution in [3.8, 4) is 5.75 Å². The highest BCUT2D eigenvalue weighted by atomic mass is 35.5. The van der Waals surface area contributed by atoms with Crippen molar-refractivity contribution in [1.29, 1.82) is 0 Å². The maximum absolute atomic E-state index is 9.63. The molecule has 0 heterocycles. The Labute approximate surface area is 121 Å². The Morgan fingerprint density at radius 2 is 2.11 bits per heavy atom. The fraction of sp³-hybridized carbons (Fsp3) is 0.333. The fourth-order valence-corrected chi connectivity index (χ4v) is 1.57. The molecule has 1 atom stereocenters. The molecule has 0 saturated heterocycles. The van der Waals surface area contributed by atoms with E-state index < -0.39 is 6.10 Å². The van der Waals surface area contributed by atoms with Gasteiger partial charge < -0.3 is 15.2 Å². The Morgan fingerprint density at radius 1 is 1.39 bits per heavy atom. The van der Waals surface area contributed by atoms with E-state index in [1.54, 1.807) is 18.2 Å². The van der Waals surface area contributed by atoms with Crippen LogP contribution in [0.15, 0.2) is 29.8 Å². The van der Waals surface area contributed by atoms with Crippen molar-refractivity contribution in [2.75, 3.05) is 19.7 Å². The predicted molar refractivity (Wildman–Crippen MR) is 75.8 cm³/mol. The van der Waals surface area contributed by atoms with E-state index in [0.29, 0.717) is 33.9 Å². The maximum Gasteiger partial charge on any atom is 0.121 e. The zero-order valence-corrected chi connectivity index (χ0v) is 11.9. The number of aliphatic hydroxyl groups is 1. The molecule has 0 fully saturated rings. The van der Waals surface area contributed by atoms with Crippen LogP contribution < -0.4 is 10.1 Å². The molecule has 100 valence electrons. The van der Waals surface area contributed by atoms with Crippen LogP contribution in [0.5, 0.6) is 5.75 Å². The van der Waals surface area contributed by atoms with Gasteiger partial charge in [-0.3, -0.25) is 0 Å². The van der Waals surface area contributed by atoms with Crippen LogP contribution >= 0.6 is 34.8 Å². The molecule has 1 rings (SSSR count). The van der Waals surface area contributed by atoms with E-state index in [1.807, 2.05) is 0 Å². The Bertz CT molecular complexity index is 412. The standard InChI is InChI=1S/C12H14Cl3NO2/c1-8(13)5-16-6-9(17)7-18-10-2-3-11(14)12(15)4-10/h2-4,9,16-17H,1,5-7H2. The van der Waals surface area contributed by atoms with Crippen LogP contribution in [0, 0.1) is 0 Å². The first-order valence-corrected chi connectivity index (χ1v) is 6.42. The molecular weight excluding hydrogens is 296 g/mol. The summed E-state index contributed by atoms with van der Waals surface area (Å²) in [6, 6.07) is 4.93. The molecule has 18 heavy (non-hydrogen) atoms. The third-order valence-corrected chi connectivity index (χ3v) is 2.90. The van der Waals surface area contributed by atoms with Gasteiger partial charge in [0.1, 0.15) is 18.5 Å². The van der Waals surface area contributed by atoms with E-state index >= 15 is 0 Å². The van der Waals surface area contributed by atoms with Crippen LogP contribution in [-0.4, -0.2) is 30.9 Å². The molecule has 1 aromatic rings. The molecule has 6 heteroatoms. The minimum Gasteiger partial charge on any atom is -0.491 e. The highest BCUT2D eigenvalue weighted by Gasteiger charge is 2.06. The number of aliphatic hydroxyl groups excluding tert-OH is 1. The molecule has 0 aromatic heterocycles. The quantitative estimate of drug-likeness (QED) is 0.813. The number of benzene rings is 1. The number of halogens is 3. The van der Waals surface area contributed by atoms with Gasteiger partial charge in [0.05, 0.1) is 10.0 Å². The number of nitrogens with one attached hydrogen (secondary N) is 1. The molecule has 0 amide bonds. The topological polar surface area (TPSA) is 41.5 Å². The molecule has 0 aliphatic heterocycles. The summed E-state index contributed by atoms with van der Waals surface area (Å²) in [6.07, 6.45) is -0.643. The molecule has 0 saturated carbocycles. The molecule has 2 N–H and O–H groups in total. The van der Waals surface area contributed by atoms with Gasteiger partial charge in [0, 0.05) is 24.2 Å². The third-order valence-electron chi connectivity index (χ3n) is 2.03. The van der Waals surface area contributed by atoms with Crippen LogP contribution in [0.4, 0.5) is 0 Å². The first-order chi connectivity index (χ1) is 8.49. The summed E-state index contributed by atoms with van der Waals surface area (Å²) in [5.41, 5.74) is 0. The molecule has 0 spiro atoms. The molecule has 0 bridgehead atoms. The Kier molecular flexibility index (Phi) is 6.82. The van der Waals surface area contributed by atoms with Gasteiger partial charge in [0.25, 0.3) is 0 Å². The van der Waals surface area contributed by atoms with Crippen LogP contribution in [0.1, 0.15) is 0 Å². The van der Waals surface area contributed by atoms with Crippen molar-refractivity contribution in [2.45, 2.75) is 6.10 Å². The van der Waals surface area contributed by atoms with Crippen LogP contribution in [0.3, 0.4) is 0 Å². The molecule has 1 unspecified atom stereocenters. The Morgan fingerprint density at radius 3 is 2.72 bits per heavy atom. The zero-order chi connectivity index (χ0) is 13.5. The van der Waals surface area contributed by atoms with Gasteiger partial charge in [-0.1, -0.05) is 41.4 Å². The van der Waals surface area contributed by atoms with Crippen molar-refractivity contribution in [1.82, 2.24) is 5.32 Å². The zero-order valence-electron chi connectivity index (χ0n) is 9.63. The van der Waals surface area contributed by atoms with Gasteiger partial charge in [-0.2, -0.15) is 0 Å². The van der Waals surface area contributed by atoms with E-state index in [9.17, 15) is 5.11 Å². The van der Waals surface area contributed by atoms with E-state index in [4.69, 9.17) is 39.5 Å². The summed E-state index contributed by atoms with van der Waals surface area (Å²) >= 11 is 17.2. The van der Waals surface area contributed by atoms with Crippen molar-refractivity contribution >= 4 is 34.8 Å². The molecule has 0 radical (unpaired) electrons. The summed E-state index contributed by atoms with van der Waals surface area (Å²) in [4.78, 5) is 0. The van der Waals surface area contributed by atoms with Crippen LogP contribution in [0.2, 0.25) is 10.0 Å². The lowest BCUT2D eigenvalue weighted by atomic mass is 10.3. The highest BCUT2D eigenvalue weighted by molar-refractivity contribution is 6.42. The number of rotatable bonds is 7. The first kappa shape index (κ1) is 15.6. The lowest BCUT2D eigenvalue weighted by Crippen LogP contribution is -2.32. The van der Waals surface area contributed by atoms with Gasteiger partial charge in [-0.15, -0.1) is 0 Å². The third kappa shape index (κ3) is 5.94. The van der Waals surface area contributed by atoms with Gasteiger partial charge in [0.15, 0.2) is 0 Å². The number of ether oxygens (including phenoxy) is 1. The van der Waals surface area contributed by atoms with E-state index in [2.05, 4.69) is 11.9 Å². The SMILES string of the molecule is C=C(Cl)CNCC(O)COc1ccc(Cl)c(Cl)c1. The molecule has 3 nitrogen and oxygen atoms in total. The van der Waals surface area contributed by atoms with Crippen LogP contribution in [0.25, 0.3) is 0 Å². The molecule has 0 aliphatic carbocycles. The monoisotopic (exact) mass is 309 g/mol. The van der Waals surface area contributed by atoms with Gasteiger partial charge in [-0.05, 0) is 12.1 Å². The first-order valence-electron chi connectivity index (χ1n) is 5.29.